The molecular weight excluding hydrogens is 234 g/mol. The van der Waals surface area contributed by atoms with Gasteiger partial charge in [0.2, 0.25) is 5.88 Å². The fraction of sp³-hybridized carbons (Fsp3) is 0.636. The Hall–Kier alpha value is -1.44. The number of hydrogen-bond donors (Lipinski definition) is 4. The molecule has 1 unspecified atom stereocenters. The van der Waals surface area contributed by atoms with Gasteiger partial charge in [-0.15, -0.1) is 10.2 Å². The molecule has 0 aliphatic rings. The van der Waals surface area contributed by atoms with E-state index in [1.165, 1.54) is 0 Å². The Balaban J connectivity index is 2.31. The Morgan fingerprint density at radius 2 is 2.11 bits per heavy atom. The lowest BCUT2D eigenvalue weighted by Gasteiger charge is -2.22. The zero-order valence-electron chi connectivity index (χ0n) is 11.0. The van der Waals surface area contributed by atoms with Crippen LogP contribution < -0.4 is 21.3 Å². The molecule has 0 amide bonds. The number of nitrogen functional groups attached to an aromatic ring is 1. The highest BCUT2D eigenvalue weighted by Crippen LogP contribution is 2.07. The number of anilines is 1. The number of aliphatic hydroxyl groups is 1. The van der Waals surface area contributed by atoms with Gasteiger partial charge in [-0.1, -0.05) is 0 Å². The molecule has 7 heteroatoms. The van der Waals surface area contributed by atoms with Crippen molar-refractivity contribution in [2.24, 2.45) is 5.84 Å². The van der Waals surface area contributed by atoms with Crippen LogP contribution >= 0.6 is 0 Å². The summed E-state index contributed by atoms with van der Waals surface area (Å²) in [6, 6.07) is 3.27. The average Bonchev–Trinajstić information content (AvgIpc) is 2.33. The zero-order chi connectivity index (χ0) is 13.6. The fourth-order valence-electron chi connectivity index (χ4n) is 1.14. The van der Waals surface area contributed by atoms with E-state index in [-0.39, 0.29) is 12.1 Å². The second-order valence-electron chi connectivity index (χ2n) is 5.00. The number of β-amino-alcohol motifs (C(OH)–C–C–N with tert-alkyl or cyclic N) is 1. The number of ether oxygens (including phenoxy) is 1. The van der Waals surface area contributed by atoms with E-state index in [4.69, 9.17) is 10.6 Å². The topological polar surface area (TPSA) is 105 Å². The van der Waals surface area contributed by atoms with Crippen LogP contribution in [0, 0.1) is 0 Å². The summed E-state index contributed by atoms with van der Waals surface area (Å²) >= 11 is 0. The Labute approximate surface area is 107 Å². The van der Waals surface area contributed by atoms with Gasteiger partial charge in [-0.3, -0.25) is 0 Å². The van der Waals surface area contributed by atoms with E-state index in [2.05, 4.69) is 20.9 Å². The highest BCUT2D eigenvalue weighted by Gasteiger charge is 2.12. The Bertz CT molecular complexity index is 349. The number of aromatic nitrogens is 2. The lowest BCUT2D eigenvalue weighted by Crippen LogP contribution is -2.42. The maximum Gasteiger partial charge on any atom is 0.233 e. The van der Waals surface area contributed by atoms with Gasteiger partial charge in [0.1, 0.15) is 12.7 Å². The van der Waals surface area contributed by atoms with E-state index >= 15 is 0 Å². The first-order valence-corrected chi connectivity index (χ1v) is 5.77. The van der Waals surface area contributed by atoms with Crippen molar-refractivity contribution in [3.8, 4) is 5.88 Å². The van der Waals surface area contributed by atoms with Crippen LogP contribution in [0.15, 0.2) is 12.1 Å². The van der Waals surface area contributed by atoms with Gasteiger partial charge < -0.3 is 20.6 Å². The van der Waals surface area contributed by atoms with E-state index in [9.17, 15) is 5.11 Å². The summed E-state index contributed by atoms with van der Waals surface area (Å²) < 4.78 is 5.30. The molecule has 0 aliphatic carbocycles. The molecule has 18 heavy (non-hydrogen) atoms. The van der Waals surface area contributed by atoms with Crippen molar-refractivity contribution >= 4 is 5.82 Å². The first kappa shape index (κ1) is 14.6. The van der Waals surface area contributed by atoms with Gasteiger partial charge in [0.05, 0.1) is 0 Å². The SMILES string of the molecule is CC(C)(C)NCC(O)COc1ccc(NN)nn1. The lowest BCUT2D eigenvalue weighted by atomic mass is 10.1. The van der Waals surface area contributed by atoms with Crippen molar-refractivity contribution < 1.29 is 9.84 Å². The predicted octanol–water partition coefficient (Wildman–Crippen LogP) is -0.110. The molecule has 0 fully saturated rings. The summed E-state index contributed by atoms with van der Waals surface area (Å²) in [5, 5.41) is 20.4. The molecule has 1 aromatic heterocycles. The summed E-state index contributed by atoms with van der Waals surface area (Å²) in [5.74, 6) is 5.97. The van der Waals surface area contributed by atoms with Crippen LogP contribution in [0.5, 0.6) is 5.88 Å². The standard InChI is InChI=1S/C11H21N5O2/c1-11(2,3)13-6-8(17)7-18-10-5-4-9(14-12)15-16-10/h4-5,8,13,17H,6-7,12H2,1-3H3,(H,14,15). The molecule has 0 aromatic carbocycles. The van der Waals surface area contributed by atoms with Crippen LogP contribution in [0.3, 0.4) is 0 Å². The molecule has 0 saturated carbocycles. The van der Waals surface area contributed by atoms with Gasteiger partial charge in [0.15, 0.2) is 5.82 Å². The Morgan fingerprint density at radius 3 is 2.61 bits per heavy atom. The van der Waals surface area contributed by atoms with Crippen LogP contribution in [0.25, 0.3) is 0 Å². The summed E-state index contributed by atoms with van der Waals surface area (Å²) in [7, 11) is 0. The van der Waals surface area contributed by atoms with Crippen LogP contribution in [0.4, 0.5) is 5.82 Å². The Morgan fingerprint density at radius 1 is 1.39 bits per heavy atom. The average molecular weight is 255 g/mol. The van der Waals surface area contributed by atoms with E-state index < -0.39 is 6.10 Å². The molecule has 102 valence electrons. The van der Waals surface area contributed by atoms with Gasteiger partial charge in [0.25, 0.3) is 0 Å². The molecular formula is C11H21N5O2. The molecule has 5 N–H and O–H groups in total. The van der Waals surface area contributed by atoms with E-state index in [1.807, 2.05) is 20.8 Å². The molecule has 1 heterocycles. The predicted molar refractivity (Wildman–Crippen MR) is 69.1 cm³/mol. The summed E-state index contributed by atoms with van der Waals surface area (Å²) in [6.45, 7) is 6.71. The highest BCUT2D eigenvalue weighted by molar-refractivity contribution is 5.32. The molecule has 0 bridgehead atoms. The van der Waals surface area contributed by atoms with Crippen molar-refractivity contribution in [3.05, 3.63) is 12.1 Å². The van der Waals surface area contributed by atoms with Crippen molar-refractivity contribution in [2.45, 2.75) is 32.4 Å². The number of nitrogens with two attached hydrogens (primary N) is 1. The van der Waals surface area contributed by atoms with Gasteiger partial charge in [-0.25, -0.2) is 5.84 Å². The summed E-state index contributed by atoms with van der Waals surface area (Å²) in [6.07, 6.45) is -0.599. The molecule has 1 rings (SSSR count). The first-order chi connectivity index (χ1) is 8.40. The second kappa shape index (κ2) is 6.48. The minimum absolute atomic E-state index is 0.0325. The quantitative estimate of drug-likeness (QED) is 0.415. The van der Waals surface area contributed by atoms with Crippen LogP contribution in [0.2, 0.25) is 0 Å². The van der Waals surface area contributed by atoms with Crippen LogP contribution in [-0.2, 0) is 0 Å². The van der Waals surface area contributed by atoms with E-state index in [0.717, 1.165) is 0 Å². The van der Waals surface area contributed by atoms with E-state index in [0.29, 0.717) is 18.2 Å². The minimum atomic E-state index is -0.599. The monoisotopic (exact) mass is 255 g/mol. The number of nitrogens with zero attached hydrogens (tertiary/aromatic N) is 2. The Kier molecular flexibility index (Phi) is 5.26. The third-order valence-corrected chi connectivity index (χ3v) is 2.08. The number of hydrogen-bond acceptors (Lipinski definition) is 7. The molecule has 0 saturated heterocycles. The number of rotatable bonds is 6. The fourth-order valence-corrected chi connectivity index (χ4v) is 1.14. The maximum absolute atomic E-state index is 9.71. The van der Waals surface area contributed by atoms with Gasteiger partial charge >= 0.3 is 0 Å². The largest absolute Gasteiger partial charge is 0.474 e. The summed E-state index contributed by atoms with van der Waals surface area (Å²) in [4.78, 5) is 0. The molecule has 0 radical (unpaired) electrons. The molecule has 1 aromatic rings. The molecule has 7 nitrogen and oxygen atoms in total. The first-order valence-electron chi connectivity index (χ1n) is 5.77. The smallest absolute Gasteiger partial charge is 0.233 e. The third-order valence-electron chi connectivity index (χ3n) is 2.08. The minimum Gasteiger partial charge on any atom is -0.474 e. The zero-order valence-corrected chi connectivity index (χ0v) is 11.0. The van der Waals surface area contributed by atoms with Crippen molar-refractivity contribution in [2.75, 3.05) is 18.6 Å². The van der Waals surface area contributed by atoms with Gasteiger partial charge in [0, 0.05) is 18.2 Å². The van der Waals surface area contributed by atoms with Gasteiger partial charge in [-0.2, -0.15) is 0 Å². The number of hydrazine groups is 1. The van der Waals surface area contributed by atoms with Crippen molar-refractivity contribution in [3.63, 3.8) is 0 Å². The molecule has 1 atom stereocenters. The van der Waals surface area contributed by atoms with Crippen LogP contribution in [-0.4, -0.2) is 40.1 Å². The molecule has 0 aliphatic heterocycles. The third kappa shape index (κ3) is 5.76. The normalized spacial score (nSPS) is 13.2. The van der Waals surface area contributed by atoms with Gasteiger partial charge in [-0.05, 0) is 26.8 Å². The van der Waals surface area contributed by atoms with Crippen LogP contribution in [0.1, 0.15) is 20.8 Å². The molecule has 0 spiro atoms. The summed E-state index contributed by atoms with van der Waals surface area (Å²) in [5.41, 5.74) is 2.33. The number of aliphatic hydroxyl groups excluding tert-OH is 1. The van der Waals surface area contributed by atoms with E-state index in [1.54, 1.807) is 12.1 Å². The van der Waals surface area contributed by atoms with Crippen molar-refractivity contribution in [1.82, 2.24) is 15.5 Å². The number of nitrogens with one attached hydrogen (secondary N) is 2. The lowest BCUT2D eigenvalue weighted by molar-refractivity contribution is 0.0972. The maximum atomic E-state index is 9.71. The second-order valence-corrected chi connectivity index (χ2v) is 5.00. The van der Waals surface area contributed by atoms with Crippen molar-refractivity contribution in [1.29, 1.82) is 0 Å². The highest BCUT2D eigenvalue weighted by atomic mass is 16.5.